The molecular weight excluding hydrogens is 646 g/mol. The zero-order chi connectivity index (χ0) is 35.5. The van der Waals surface area contributed by atoms with Gasteiger partial charge in [0.2, 0.25) is 0 Å². The first kappa shape index (κ1) is 36.1. The Morgan fingerprint density at radius 1 is 0.960 bits per heavy atom. The van der Waals surface area contributed by atoms with Gasteiger partial charge in [0.1, 0.15) is 11.6 Å². The van der Waals surface area contributed by atoms with Crippen LogP contribution in [0.4, 0.5) is 10.1 Å². The SMILES string of the molecule is COc1ccc(CN(c2ccc(CCCC3CCCC3)cc2F)S(=O)(=O)c2ccc3c(c2)CCN(C(C)c2ccc(C(C)(C)C)nc2)C3)cc1. The molecule has 1 saturated carbocycles. The minimum atomic E-state index is -4.11. The summed E-state index contributed by atoms with van der Waals surface area (Å²) in [6.07, 6.45) is 10.9. The van der Waals surface area contributed by atoms with Gasteiger partial charge in [-0.2, -0.15) is 0 Å². The van der Waals surface area contributed by atoms with Crippen LogP contribution in [0.15, 0.2) is 83.9 Å². The summed E-state index contributed by atoms with van der Waals surface area (Å²) in [5.74, 6) is 0.941. The second-order valence-electron chi connectivity index (χ2n) is 15.2. The van der Waals surface area contributed by atoms with Gasteiger partial charge in [0, 0.05) is 36.4 Å². The van der Waals surface area contributed by atoms with Crippen molar-refractivity contribution in [3.05, 3.63) is 118 Å². The smallest absolute Gasteiger partial charge is 0.264 e. The zero-order valence-corrected chi connectivity index (χ0v) is 31.1. The quantitative estimate of drug-likeness (QED) is 0.148. The number of aryl methyl sites for hydroxylation is 1. The fourth-order valence-corrected chi connectivity index (χ4v) is 8.99. The van der Waals surface area contributed by atoms with Gasteiger partial charge in [-0.15, -0.1) is 0 Å². The number of methoxy groups -OCH3 is 1. The number of nitrogens with zero attached hydrogens (tertiary/aromatic N) is 3. The lowest BCUT2D eigenvalue weighted by Gasteiger charge is -2.34. The lowest BCUT2D eigenvalue weighted by Crippen LogP contribution is -2.34. The Bertz CT molecular complexity index is 1860. The predicted octanol–water partition coefficient (Wildman–Crippen LogP) is 9.55. The molecule has 6 nitrogen and oxygen atoms in total. The molecule has 266 valence electrons. The van der Waals surface area contributed by atoms with Gasteiger partial charge in [0.25, 0.3) is 10.0 Å². The van der Waals surface area contributed by atoms with Crippen LogP contribution in [0.5, 0.6) is 5.75 Å². The Kier molecular flexibility index (Phi) is 11.0. The van der Waals surface area contributed by atoms with E-state index in [1.807, 2.05) is 30.5 Å². The molecule has 8 heteroatoms. The van der Waals surface area contributed by atoms with E-state index in [9.17, 15) is 8.42 Å². The van der Waals surface area contributed by atoms with Crippen LogP contribution in [0.3, 0.4) is 0 Å². The first-order valence-electron chi connectivity index (χ1n) is 18.2. The van der Waals surface area contributed by atoms with E-state index in [0.29, 0.717) is 12.3 Å². The second-order valence-corrected chi connectivity index (χ2v) is 17.1. The summed E-state index contributed by atoms with van der Waals surface area (Å²) in [5, 5.41) is 0. The van der Waals surface area contributed by atoms with Crippen LogP contribution in [-0.2, 0) is 41.4 Å². The van der Waals surface area contributed by atoms with Crippen LogP contribution in [0.25, 0.3) is 0 Å². The van der Waals surface area contributed by atoms with E-state index in [-0.39, 0.29) is 28.6 Å². The van der Waals surface area contributed by atoms with Gasteiger partial charge in [-0.1, -0.05) is 83.2 Å². The van der Waals surface area contributed by atoms with E-state index < -0.39 is 15.8 Å². The number of hydrogen-bond donors (Lipinski definition) is 0. The van der Waals surface area contributed by atoms with Crippen LogP contribution < -0.4 is 9.04 Å². The van der Waals surface area contributed by atoms with Gasteiger partial charge in [-0.05, 0) is 102 Å². The summed E-state index contributed by atoms with van der Waals surface area (Å²) in [6.45, 7) is 10.2. The third-order valence-corrected chi connectivity index (χ3v) is 12.5. The van der Waals surface area contributed by atoms with E-state index >= 15 is 4.39 Å². The predicted molar refractivity (Wildman–Crippen MR) is 200 cm³/mol. The van der Waals surface area contributed by atoms with Gasteiger partial charge in [-0.3, -0.25) is 14.2 Å². The molecule has 2 heterocycles. The number of sulfonamides is 1. The van der Waals surface area contributed by atoms with Crippen molar-refractivity contribution >= 4 is 15.7 Å². The number of ether oxygens (including phenoxy) is 1. The molecule has 6 rings (SSSR count). The maximum atomic E-state index is 16.0. The lowest BCUT2D eigenvalue weighted by molar-refractivity contribution is 0.191. The normalized spacial score (nSPS) is 16.3. The van der Waals surface area contributed by atoms with Gasteiger partial charge >= 0.3 is 0 Å². The molecule has 0 saturated heterocycles. The van der Waals surface area contributed by atoms with Gasteiger partial charge in [0.15, 0.2) is 0 Å². The molecule has 0 radical (unpaired) electrons. The third kappa shape index (κ3) is 8.24. The van der Waals surface area contributed by atoms with Gasteiger partial charge in [0.05, 0.1) is 24.2 Å². The maximum Gasteiger partial charge on any atom is 0.264 e. The van der Waals surface area contributed by atoms with Crippen molar-refractivity contribution < 1.29 is 17.5 Å². The van der Waals surface area contributed by atoms with Crippen LogP contribution in [0, 0.1) is 11.7 Å². The van der Waals surface area contributed by atoms with E-state index in [4.69, 9.17) is 9.72 Å². The summed E-state index contributed by atoms with van der Waals surface area (Å²) in [4.78, 5) is 7.32. The Morgan fingerprint density at radius 3 is 2.36 bits per heavy atom. The number of anilines is 1. The number of benzene rings is 3. The molecule has 1 fully saturated rings. The number of pyridine rings is 1. The average Bonchev–Trinajstić information content (AvgIpc) is 3.64. The lowest BCUT2D eigenvalue weighted by atomic mass is 9.91. The second kappa shape index (κ2) is 15.2. The molecule has 50 heavy (non-hydrogen) atoms. The van der Waals surface area contributed by atoms with Crippen LogP contribution >= 0.6 is 0 Å². The molecule has 4 aromatic rings. The largest absolute Gasteiger partial charge is 0.497 e. The molecule has 3 aromatic carbocycles. The highest BCUT2D eigenvalue weighted by atomic mass is 32.2. The Morgan fingerprint density at radius 2 is 1.70 bits per heavy atom. The van der Waals surface area contributed by atoms with Crippen molar-refractivity contribution in [1.29, 1.82) is 0 Å². The highest BCUT2D eigenvalue weighted by Crippen LogP contribution is 2.34. The molecule has 1 aromatic heterocycles. The van der Waals surface area contributed by atoms with Crippen LogP contribution in [0.2, 0.25) is 0 Å². The Hall–Kier alpha value is -3.75. The summed E-state index contributed by atoms with van der Waals surface area (Å²) in [6, 6.07) is 22.1. The minimum absolute atomic E-state index is 0.00247. The molecule has 1 atom stereocenters. The number of halogens is 1. The van der Waals surface area contributed by atoms with Crippen molar-refractivity contribution in [3.8, 4) is 5.75 Å². The fourth-order valence-electron chi connectivity index (χ4n) is 7.47. The maximum absolute atomic E-state index is 16.0. The standard InChI is InChI=1S/C42H52FN3O3S/c1-30(35-17-22-41(44-27-35)42(2,3)4)45-24-23-34-26-38(20-16-36(34)29-45)50(47,48)46(28-33-13-18-37(49-5)19-14-33)40-21-15-32(25-39(40)43)12-8-11-31-9-6-7-10-31/h13-22,25-27,30-31H,6-12,23-24,28-29H2,1-5H3. The van der Waals surface area contributed by atoms with Crippen molar-refractivity contribution in [2.24, 2.45) is 5.92 Å². The fraction of sp³-hybridized carbons (Fsp3) is 0.452. The number of hydrogen-bond acceptors (Lipinski definition) is 5. The monoisotopic (exact) mass is 697 g/mol. The molecular formula is C42H52FN3O3S. The molecule has 0 N–H and O–H groups in total. The Labute approximate surface area is 298 Å². The van der Waals surface area contributed by atoms with Crippen LogP contribution in [0.1, 0.15) is 106 Å². The average molecular weight is 698 g/mol. The number of rotatable bonds is 12. The first-order chi connectivity index (χ1) is 23.9. The number of aromatic nitrogens is 1. The number of fused-ring (bicyclic) bond motifs is 1. The highest BCUT2D eigenvalue weighted by Gasteiger charge is 2.30. The highest BCUT2D eigenvalue weighted by molar-refractivity contribution is 7.92. The summed E-state index contributed by atoms with van der Waals surface area (Å²) in [7, 11) is -2.52. The van der Waals surface area contributed by atoms with E-state index in [1.54, 1.807) is 37.4 Å². The van der Waals surface area contributed by atoms with Crippen molar-refractivity contribution in [2.45, 2.75) is 109 Å². The van der Waals surface area contributed by atoms with Gasteiger partial charge < -0.3 is 4.74 Å². The van der Waals surface area contributed by atoms with E-state index in [0.717, 1.165) is 71.7 Å². The van der Waals surface area contributed by atoms with E-state index in [1.165, 1.54) is 36.1 Å². The first-order valence-corrected chi connectivity index (χ1v) is 19.6. The van der Waals surface area contributed by atoms with Crippen molar-refractivity contribution in [2.75, 3.05) is 18.0 Å². The molecule has 1 aliphatic carbocycles. The van der Waals surface area contributed by atoms with E-state index in [2.05, 4.69) is 44.7 Å². The molecule has 0 spiro atoms. The minimum Gasteiger partial charge on any atom is -0.497 e. The van der Waals surface area contributed by atoms with Gasteiger partial charge in [-0.25, -0.2) is 12.8 Å². The molecule has 1 aliphatic heterocycles. The third-order valence-electron chi connectivity index (χ3n) is 10.7. The summed E-state index contributed by atoms with van der Waals surface area (Å²) in [5.41, 5.74) is 6.05. The topological polar surface area (TPSA) is 62.7 Å². The summed E-state index contributed by atoms with van der Waals surface area (Å²) < 4.78 is 51.5. The zero-order valence-electron chi connectivity index (χ0n) is 30.3. The Balaban J connectivity index is 1.23. The molecule has 0 bridgehead atoms. The summed E-state index contributed by atoms with van der Waals surface area (Å²) >= 11 is 0. The molecule has 0 amide bonds. The molecule has 1 unspecified atom stereocenters. The molecule has 2 aliphatic rings. The van der Waals surface area contributed by atoms with Crippen molar-refractivity contribution in [1.82, 2.24) is 9.88 Å². The van der Waals surface area contributed by atoms with Crippen LogP contribution in [-0.4, -0.2) is 32.0 Å². The van der Waals surface area contributed by atoms with Crippen molar-refractivity contribution in [3.63, 3.8) is 0 Å².